The SMILES string of the molecule is COc1ccc(Cl)cc1NC(=O)Oc1ccc(N2CCN(C(=O)c3ccccc3C(F)(F)F)CC2)nn1. The van der Waals surface area contributed by atoms with Gasteiger partial charge in [-0.25, -0.2) is 4.79 Å². The Bertz CT molecular complexity index is 1280. The van der Waals surface area contributed by atoms with E-state index in [1.165, 1.54) is 42.3 Å². The van der Waals surface area contributed by atoms with Gasteiger partial charge in [-0.15, -0.1) is 10.2 Å². The minimum absolute atomic E-state index is 0.0557. The van der Waals surface area contributed by atoms with Crippen molar-refractivity contribution >= 4 is 35.1 Å². The summed E-state index contributed by atoms with van der Waals surface area (Å²) in [6.07, 6.45) is -5.45. The van der Waals surface area contributed by atoms with E-state index in [0.29, 0.717) is 35.4 Å². The van der Waals surface area contributed by atoms with Crippen LogP contribution in [-0.4, -0.2) is 60.4 Å². The number of amides is 2. The van der Waals surface area contributed by atoms with Crippen LogP contribution in [0.15, 0.2) is 54.6 Å². The van der Waals surface area contributed by atoms with Crippen LogP contribution >= 0.6 is 11.6 Å². The summed E-state index contributed by atoms with van der Waals surface area (Å²) in [6, 6.07) is 12.5. The van der Waals surface area contributed by atoms with Crippen molar-refractivity contribution in [1.82, 2.24) is 15.1 Å². The van der Waals surface area contributed by atoms with Crippen molar-refractivity contribution in [1.29, 1.82) is 0 Å². The van der Waals surface area contributed by atoms with Crippen molar-refractivity contribution in [3.63, 3.8) is 0 Å². The minimum atomic E-state index is -4.62. The van der Waals surface area contributed by atoms with Gasteiger partial charge in [0.25, 0.3) is 5.91 Å². The second-order valence-electron chi connectivity index (χ2n) is 7.91. The average Bonchev–Trinajstić information content (AvgIpc) is 2.88. The van der Waals surface area contributed by atoms with E-state index < -0.39 is 23.7 Å². The molecule has 0 saturated carbocycles. The number of halogens is 4. The van der Waals surface area contributed by atoms with E-state index in [1.807, 2.05) is 4.90 Å². The van der Waals surface area contributed by atoms with E-state index in [0.717, 1.165) is 6.07 Å². The lowest BCUT2D eigenvalue weighted by molar-refractivity contribution is -0.138. The van der Waals surface area contributed by atoms with E-state index in [9.17, 15) is 22.8 Å². The van der Waals surface area contributed by atoms with Gasteiger partial charge in [0.05, 0.1) is 23.9 Å². The first kappa shape index (κ1) is 26.0. The quantitative estimate of drug-likeness (QED) is 0.504. The molecular weight excluding hydrogens is 515 g/mol. The highest BCUT2D eigenvalue weighted by Crippen LogP contribution is 2.32. The number of hydrogen-bond acceptors (Lipinski definition) is 7. The topological polar surface area (TPSA) is 96.9 Å². The number of ether oxygens (including phenoxy) is 2. The van der Waals surface area contributed by atoms with Crippen molar-refractivity contribution in [2.75, 3.05) is 43.5 Å². The lowest BCUT2D eigenvalue weighted by atomic mass is 10.1. The molecule has 1 fully saturated rings. The van der Waals surface area contributed by atoms with Gasteiger partial charge in [-0.2, -0.15) is 13.2 Å². The Morgan fingerprint density at radius 3 is 2.38 bits per heavy atom. The largest absolute Gasteiger partial charge is 0.495 e. The van der Waals surface area contributed by atoms with Crippen molar-refractivity contribution in [3.05, 3.63) is 70.7 Å². The lowest BCUT2D eigenvalue weighted by Gasteiger charge is -2.35. The molecule has 1 N–H and O–H groups in total. The number of nitrogens with zero attached hydrogens (tertiary/aromatic N) is 4. The highest BCUT2D eigenvalue weighted by Gasteiger charge is 2.36. The molecule has 9 nitrogen and oxygen atoms in total. The van der Waals surface area contributed by atoms with Crippen LogP contribution in [0.4, 0.5) is 29.5 Å². The Labute approximate surface area is 214 Å². The van der Waals surface area contributed by atoms with Crippen molar-refractivity contribution in [3.8, 4) is 11.6 Å². The zero-order chi connectivity index (χ0) is 26.6. The van der Waals surface area contributed by atoms with Gasteiger partial charge >= 0.3 is 12.3 Å². The van der Waals surface area contributed by atoms with E-state index >= 15 is 0 Å². The second kappa shape index (κ2) is 10.9. The second-order valence-corrected chi connectivity index (χ2v) is 8.35. The smallest absolute Gasteiger partial charge is 0.418 e. The molecule has 0 aliphatic carbocycles. The van der Waals surface area contributed by atoms with Gasteiger partial charge in [0, 0.05) is 37.3 Å². The summed E-state index contributed by atoms with van der Waals surface area (Å²) in [4.78, 5) is 28.2. The average molecular weight is 536 g/mol. The normalized spacial score (nSPS) is 13.8. The molecule has 1 aliphatic rings. The first-order chi connectivity index (χ1) is 17.7. The fourth-order valence-electron chi connectivity index (χ4n) is 3.77. The first-order valence-corrected chi connectivity index (χ1v) is 11.4. The minimum Gasteiger partial charge on any atom is -0.495 e. The summed E-state index contributed by atoms with van der Waals surface area (Å²) in [5.74, 6) is 0.124. The molecule has 0 spiro atoms. The van der Waals surface area contributed by atoms with E-state index in [1.54, 1.807) is 18.2 Å². The molecule has 0 atom stereocenters. The van der Waals surface area contributed by atoms with Gasteiger partial charge in [-0.05, 0) is 36.4 Å². The summed E-state index contributed by atoms with van der Waals surface area (Å²) in [7, 11) is 1.45. The van der Waals surface area contributed by atoms with Crippen LogP contribution in [0.2, 0.25) is 5.02 Å². The van der Waals surface area contributed by atoms with E-state index in [4.69, 9.17) is 21.1 Å². The highest BCUT2D eigenvalue weighted by atomic mass is 35.5. The molecule has 0 radical (unpaired) electrons. The number of aromatic nitrogens is 2. The summed E-state index contributed by atoms with van der Waals surface area (Å²) >= 11 is 5.95. The molecule has 2 heterocycles. The number of anilines is 2. The maximum absolute atomic E-state index is 13.3. The molecule has 1 aliphatic heterocycles. The maximum Gasteiger partial charge on any atom is 0.418 e. The fraction of sp³-hybridized carbons (Fsp3) is 0.250. The number of carbonyl (C=O) groups is 2. The van der Waals surface area contributed by atoms with E-state index in [2.05, 4.69) is 15.5 Å². The Hall–Kier alpha value is -4.06. The predicted molar refractivity (Wildman–Crippen MR) is 129 cm³/mol. The van der Waals surface area contributed by atoms with E-state index in [-0.39, 0.29) is 24.5 Å². The third-order valence-electron chi connectivity index (χ3n) is 5.58. The Morgan fingerprint density at radius 1 is 1.00 bits per heavy atom. The molecule has 1 saturated heterocycles. The summed E-state index contributed by atoms with van der Waals surface area (Å²) in [5.41, 5.74) is -1.02. The Morgan fingerprint density at radius 2 is 1.73 bits per heavy atom. The highest BCUT2D eigenvalue weighted by molar-refractivity contribution is 6.31. The molecule has 194 valence electrons. The van der Waals surface area contributed by atoms with Gasteiger partial charge in [0.2, 0.25) is 5.88 Å². The standard InChI is InChI=1S/C24H21ClF3N5O4/c1-36-19-7-6-15(25)14-18(19)29-23(35)37-21-9-8-20(30-31-21)32-10-12-33(13-11-32)22(34)16-4-2-3-5-17(16)24(26,27)28/h2-9,14H,10-13H2,1H3,(H,29,35). The molecule has 0 bridgehead atoms. The molecule has 2 amide bonds. The first-order valence-electron chi connectivity index (χ1n) is 11.0. The molecule has 2 aromatic carbocycles. The van der Waals surface area contributed by atoms with Crippen LogP contribution in [0.25, 0.3) is 0 Å². The summed E-state index contributed by atoms with van der Waals surface area (Å²) in [6.45, 7) is 1.08. The van der Waals surface area contributed by atoms with Crippen LogP contribution in [0.5, 0.6) is 11.6 Å². The lowest BCUT2D eigenvalue weighted by Crippen LogP contribution is -2.49. The van der Waals surface area contributed by atoms with Gasteiger partial charge < -0.3 is 19.3 Å². The zero-order valence-electron chi connectivity index (χ0n) is 19.5. The van der Waals surface area contributed by atoms with Crippen LogP contribution in [0.1, 0.15) is 15.9 Å². The summed E-state index contributed by atoms with van der Waals surface area (Å²) in [5, 5.41) is 10.9. The number of hydrogen-bond donors (Lipinski definition) is 1. The van der Waals surface area contributed by atoms with Crippen molar-refractivity contribution in [2.24, 2.45) is 0 Å². The molecule has 13 heteroatoms. The molecule has 0 unspecified atom stereocenters. The fourth-order valence-corrected chi connectivity index (χ4v) is 3.94. The zero-order valence-corrected chi connectivity index (χ0v) is 20.2. The molecular formula is C24H21ClF3N5O4. The monoisotopic (exact) mass is 535 g/mol. The van der Waals surface area contributed by atoms with Gasteiger partial charge in [-0.3, -0.25) is 10.1 Å². The number of alkyl halides is 3. The van der Waals surface area contributed by atoms with Gasteiger partial charge in [-0.1, -0.05) is 23.7 Å². The van der Waals surface area contributed by atoms with Gasteiger partial charge in [0.1, 0.15) is 5.75 Å². The third-order valence-corrected chi connectivity index (χ3v) is 5.81. The molecule has 37 heavy (non-hydrogen) atoms. The van der Waals surface area contributed by atoms with Crippen LogP contribution in [0.3, 0.4) is 0 Å². The number of rotatable bonds is 5. The maximum atomic E-state index is 13.3. The number of piperazine rings is 1. The van der Waals surface area contributed by atoms with Crippen molar-refractivity contribution < 1.29 is 32.2 Å². The van der Waals surface area contributed by atoms with Gasteiger partial charge in [0.15, 0.2) is 5.82 Å². The number of methoxy groups -OCH3 is 1. The molecule has 3 aromatic rings. The number of carbonyl (C=O) groups excluding carboxylic acids is 2. The number of benzene rings is 2. The molecule has 4 rings (SSSR count). The predicted octanol–water partition coefficient (Wildman–Crippen LogP) is 4.73. The van der Waals surface area contributed by atoms with Crippen LogP contribution in [-0.2, 0) is 6.18 Å². The summed E-state index contributed by atoms with van der Waals surface area (Å²) < 4.78 is 50.2. The Kier molecular flexibility index (Phi) is 7.67. The molecule has 1 aromatic heterocycles. The van der Waals surface area contributed by atoms with Crippen LogP contribution < -0.4 is 19.7 Å². The number of nitrogens with one attached hydrogen (secondary N) is 1. The van der Waals surface area contributed by atoms with Crippen molar-refractivity contribution in [2.45, 2.75) is 6.18 Å². The van der Waals surface area contributed by atoms with Crippen LogP contribution in [0, 0.1) is 0 Å². The Balaban J connectivity index is 1.34. The third kappa shape index (κ3) is 6.20.